The molecule has 0 spiro atoms. The Kier molecular flexibility index (Phi) is 2.99. The van der Waals surface area contributed by atoms with Crippen LogP contribution in [0, 0.1) is 5.92 Å². The molecular formula is C10H16BrN. The van der Waals surface area contributed by atoms with Crippen LogP contribution in [0.3, 0.4) is 0 Å². The Balaban J connectivity index is 2.87. The third-order valence-electron chi connectivity index (χ3n) is 2.13. The van der Waals surface area contributed by atoms with Crippen molar-refractivity contribution in [1.29, 1.82) is 0 Å². The van der Waals surface area contributed by atoms with Gasteiger partial charge in [-0.2, -0.15) is 0 Å². The standard InChI is InChI=1S/C10H16BrN/c1-7(2)10-9(11)5-8(3)6-12(10)4/h5-7,10H,1-4H3. The van der Waals surface area contributed by atoms with E-state index in [1.165, 1.54) is 10.1 Å². The lowest BCUT2D eigenvalue weighted by molar-refractivity contribution is 0.302. The summed E-state index contributed by atoms with van der Waals surface area (Å²) in [5.74, 6) is 0.643. The number of nitrogens with zero attached hydrogens (tertiary/aromatic N) is 1. The van der Waals surface area contributed by atoms with E-state index >= 15 is 0 Å². The zero-order valence-corrected chi connectivity index (χ0v) is 9.72. The molecule has 0 saturated carbocycles. The lowest BCUT2D eigenvalue weighted by Crippen LogP contribution is -2.34. The summed E-state index contributed by atoms with van der Waals surface area (Å²) in [7, 11) is 2.13. The van der Waals surface area contributed by atoms with Crippen molar-refractivity contribution < 1.29 is 0 Å². The summed E-state index contributed by atoms with van der Waals surface area (Å²) in [6.07, 6.45) is 4.39. The maximum atomic E-state index is 3.61. The molecule has 0 aromatic rings. The Labute approximate surface area is 83.3 Å². The minimum Gasteiger partial charge on any atom is -0.372 e. The normalized spacial score (nSPS) is 24.2. The minimum atomic E-state index is 0.508. The maximum Gasteiger partial charge on any atom is 0.0621 e. The van der Waals surface area contributed by atoms with Gasteiger partial charge in [-0.3, -0.25) is 0 Å². The van der Waals surface area contributed by atoms with Crippen LogP contribution in [0.2, 0.25) is 0 Å². The summed E-state index contributed by atoms with van der Waals surface area (Å²) in [6, 6.07) is 0.508. The number of rotatable bonds is 1. The highest BCUT2D eigenvalue weighted by molar-refractivity contribution is 9.11. The Morgan fingerprint density at radius 2 is 2.08 bits per heavy atom. The molecule has 1 aliphatic heterocycles. The fourth-order valence-electron chi connectivity index (χ4n) is 1.72. The summed E-state index contributed by atoms with van der Waals surface area (Å²) < 4.78 is 1.29. The Bertz CT molecular complexity index is 228. The van der Waals surface area contributed by atoms with E-state index < -0.39 is 0 Å². The van der Waals surface area contributed by atoms with Gasteiger partial charge in [-0.15, -0.1) is 0 Å². The molecule has 12 heavy (non-hydrogen) atoms. The van der Waals surface area contributed by atoms with Crippen LogP contribution in [0.5, 0.6) is 0 Å². The third-order valence-corrected chi connectivity index (χ3v) is 2.82. The van der Waals surface area contributed by atoms with Gasteiger partial charge in [-0.1, -0.05) is 29.8 Å². The van der Waals surface area contributed by atoms with Crippen molar-refractivity contribution in [3.63, 3.8) is 0 Å². The number of likely N-dealkylation sites (N-methyl/N-ethyl adjacent to an activating group) is 1. The molecule has 1 aliphatic rings. The molecule has 1 heterocycles. The molecule has 2 heteroatoms. The average molecular weight is 230 g/mol. The molecule has 1 nitrogen and oxygen atoms in total. The monoisotopic (exact) mass is 229 g/mol. The van der Waals surface area contributed by atoms with Crippen LogP contribution in [0.25, 0.3) is 0 Å². The van der Waals surface area contributed by atoms with Gasteiger partial charge in [0.25, 0.3) is 0 Å². The summed E-state index contributed by atoms with van der Waals surface area (Å²) in [6.45, 7) is 6.60. The first-order valence-electron chi connectivity index (χ1n) is 4.30. The minimum absolute atomic E-state index is 0.508. The molecule has 0 N–H and O–H groups in total. The van der Waals surface area contributed by atoms with Gasteiger partial charge in [0.15, 0.2) is 0 Å². The fraction of sp³-hybridized carbons (Fsp3) is 0.600. The second kappa shape index (κ2) is 3.65. The molecule has 0 saturated heterocycles. The predicted octanol–water partition coefficient (Wildman–Crippen LogP) is 3.14. The Morgan fingerprint density at radius 1 is 1.50 bits per heavy atom. The second-order valence-corrected chi connectivity index (χ2v) is 4.67. The molecule has 1 atom stereocenters. The van der Waals surface area contributed by atoms with E-state index in [1.54, 1.807) is 0 Å². The van der Waals surface area contributed by atoms with Gasteiger partial charge in [0.1, 0.15) is 0 Å². The quantitative estimate of drug-likeness (QED) is 0.668. The first-order chi connectivity index (χ1) is 5.52. The van der Waals surface area contributed by atoms with Crippen molar-refractivity contribution in [3.8, 4) is 0 Å². The number of hydrogen-bond donors (Lipinski definition) is 0. The summed E-state index contributed by atoms with van der Waals surface area (Å²) >= 11 is 3.61. The summed E-state index contributed by atoms with van der Waals surface area (Å²) in [4.78, 5) is 2.27. The first-order valence-corrected chi connectivity index (χ1v) is 5.09. The van der Waals surface area contributed by atoms with Gasteiger partial charge in [0.2, 0.25) is 0 Å². The second-order valence-electron chi connectivity index (χ2n) is 3.76. The molecule has 0 aliphatic carbocycles. The number of hydrogen-bond acceptors (Lipinski definition) is 1. The summed E-state index contributed by atoms with van der Waals surface area (Å²) in [5.41, 5.74) is 1.31. The fourth-order valence-corrected chi connectivity index (χ4v) is 2.94. The Morgan fingerprint density at radius 3 is 2.50 bits per heavy atom. The van der Waals surface area contributed by atoms with E-state index in [1.807, 2.05) is 0 Å². The zero-order chi connectivity index (χ0) is 9.30. The number of allylic oxidation sites excluding steroid dienone is 2. The van der Waals surface area contributed by atoms with Crippen LogP contribution in [-0.4, -0.2) is 18.0 Å². The van der Waals surface area contributed by atoms with Crippen LogP contribution >= 0.6 is 15.9 Å². The van der Waals surface area contributed by atoms with Crippen LogP contribution < -0.4 is 0 Å². The molecule has 0 amide bonds. The molecule has 0 fully saturated rings. The van der Waals surface area contributed by atoms with E-state index in [2.05, 4.69) is 60.9 Å². The van der Waals surface area contributed by atoms with E-state index in [9.17, 15) is 0 Å². The smallest absolute Gasteiger partial charge is 0.0621 e. The van der Waals surface area contributed by atoms with Crippen molar-refractivity contribution in [2.45, 2.75) is 26.8 Å². The maximum absolute atomic E-state index is 3.61. The Hall–Kier alpha value is -0.240. The summed E-state index contributed by atoms with van der Waals surface area (Å²) in [5, 5.41) is 0. The van der Waals surface area contributed by atoms with Gasteiger partial charge in [0.05, 0.1) is 6.04 Å². The van der Waals surface area contributed by atoms with Gasteiger partial charge < -0.3 is 4.90 Å². The molecule has 68 valence electrons. The van der Waals surface area contributed by atoms with Crippen molar-refractivity contribution in [3.05, 3.63) is 22.3 Å². The van der Waals surface area contributed by atoms with E-state index in [4.69, 9.17) is 0 Å². The van der Waals surface area contributed by atoms with E-state index in [-0.39, 0.29) is 0 Å². The van der Waals surface area contributed by atoms with E-state index in [0.29, 0.717) is 12.0 Å². The lowest BCUT2D eigenvalue weighted by atomic mass is 9.99. The van der Waals surface area contributed by atoms with Gasteiger partial charge in [0, 0.05) is 17.7 Å². The highest BCUT2D eigenvalue weighted by atomic mass is 79.9. The number of halogens is 1. The van der Waals surface area contributed by atoms with Crippen molar-refractivity contribution in [1.82, 2.24) is 4.90 Å². The highest BCUT2D eigenvalue weighted by Crippen LogP contribution is 2.28. The molecule has 1 unspecified atom stereocenters. The van der Waals surface area contributed by atoms with E-state index in [0.717, 1.165) is 0 Å². The highest BCUT2D eigenvalue weighted by Gasteiger charge is 2.22. The average Bonchev–Trinajstić information content (AvgIpc) is 1.82. The van der Waals surface area contributed by atoms with Gasteiger partial charge in [-0.05, 0) is 24.5 Å². The topological polar surface area (TPSA) is 3.24 Å². The van der Waals surface area contributed by atoms with Crippen molar-refractivity contribution in [2.24, 2.45) is 5.92 Å². The molecular weight excluding hydrogens is 214 g/mol. The van der Waals surface area contributed by atoms with Crippen LogP contribution in [0.1, 0.15) is 20.8 Å². The van der Waals surface area contributed by atoms with Crippen molar-refractivity contribution >= 4 is 15.9 Å². The third kappa shape index (κ3) is 1.92. The zero-order valence-electron chi connectivity index (χ0n) is 8.13. The van der Waals surface area contributed by atoms with Gasteiger partial charge in [-0.25, -0.2) is 0 Å². The lowest BCUT2D eigenvalue weighted by Gasteiger charge is -2.33. The molecule has 0 radical (unpaired) electrons. The van der Waals surface area contributed by atoms with Gasteiger partial charge >= 0.3 is 0 Å². The largest absolute Gasteiger partial charge is 0.372 e. The molecule has 1 rings (SSSR count). The van der Waals surface area contributed by atoms with Crippen LogP contribution in [0.15, 0.2) is 22.3 Å². The molecule has 0 aromatic carbocycles. The predicted molar refractivity (Wildman–Crippen MR) is 57.2 cm³/mol. The SMILES string of the molecule is CC1=CN(C)C(C(C)C)C(Br)=C1. The molecule has 0 aromatic heterocycles. The first kappa shape index (κ1) is 9.85. The van der Waals surface area contributed by atoms with Crippen LogP contribution in [0.4, 0.5) is 0 Å². The van der Waals surface area contributed by atoms with Crippen molar-refractivity contribution in [2.75, 3.05) is 7.05 Å². The van der Waals surface area contributed by atoms with Crippen LogP contribution in [-0.2, 0) is 0 Å². The molecule has 0 bridgehead atoms.